The fourth-order valence-corrected chi connectivity index (χ4v) is 1.84. The lowest BCUT2D eigenvalue weighted by atomic mass is 10.0. The lowest BCUT2D eigenvalue weighted by Gasteiger charge is -2.04. The minimum absolute atomic E-state index is 0.787. The highest BCUT2D eigenvalue weighted by molar-refractivity contribution is 5.70. The number of allylic oxidation sites excluding steroid dienone is 2. The first-order valence-corrected chi connectivity index (χ1v) is 3.45. The van der Waals surface area contributed by atoms with Crippen LogP contribution in [0.5, 0.6) is 0 Å². The van der Waals surface area contributed by atoms with Crippen LogP contribution in [0.15, 0.2) is 16.6 Å². The van der Waals surface area contributed by atoms with Crippen molar-refractivity contribution in [3.05, 3.63) is 11.6 Å². The van der Waals surface area contributed by atoms with Crippen molar-refractivity contribution in [1.82, 2.24) is 0 Å². The second-order valence-electron chi connectivity index (χ2n) is 3.00. The Hall–Kier alpha value is -0.590. The fourth-order valence-electron chi connectivity index (χ4n) is 1.84. The molecular formula is C8H11N. The van der Waals surface area contributed by atoms with Crippen LogP contribution in [0.3, 0.4) is 0 Å². The molecule has 0 aromatic heterocycles. The molecule has 0 bridgehead atoms. The quantitative estimate of drug-likeness (QED) is 0.368. The number of rotatable bonds is 1. The summed E-state index contributed by atoms with van der Waals surface area (Å²) in [7, 11) is 1.85. The van der Waals surface area contributed by atoms with E-state index in [-0.39, 0.29) is 0 Å². The van der Waals surface area contributed by atoms with Gasteiger partial charge in [-0.25, -0.2) is 0 Å². The molecule has 0 radical (unpaired) electrons. The molecule has 9 heavy (non-hydrogen) atoms. The molecular weight excluding hydrogens is 110 g/mol. The van der Waals surface area contributed by atoms with Crippen molar-refractivity contribution in [2.24, 2.45) is 22.7 Å². The molecule has 1 fully saturated rings. The topological polar surface area (TPSA) is 12.4 Å². The van der Waals surface area contributed by atoms with Gasteiger partial charge < -0.3 is 4.99 Å². The first-order valence-electron chi connectivity index (χ1n) is 3.45. The molecule has 2 rings (SSSR count). The van der Waals surface area contributed by atoms with Gasteiger partial charge in [0, 0.05) is 19.2 Å². The predicted octanol–water partition coefficient (Wildman–Crippen LogP) is 1.51. The van der Waals surface area contributed by atoms with E-state index in [0.29, 0.717) is 0 Å². The van der Waals surface area contributed by atoms with Gasteiger partial charge in [-0.2, -0.15) is 0 Å². The Morgan fingerprint density at radius 3 is 2.78 bits per heavy atom. The highest BCUT2D eigenvalue weighted by Gasteiger charge is 2.54. The Morgan fingerprint density at radius 2 is 2.44 bits per heavy atom. The van der Waals surface area contributed by atoms with Crippen LogP contribution in [-0.4, -0.2) is 13.3 Å². The van der Waals surface area contributed by atoms with E-state index in [1.54, 1.807) is 5.57 Å². The zero-order valence-corrected chi connectivity index (χ0v) is 5.83. The molecule has 2 aliphatic rings. The third kappa shape index (κ3) is 0.521. The van der Waals surface area contributed by atoms with E-state index in [1.165, 1.54) is 0 Å². The molecule has 0 aromatic rings. The molecule has 0 saturated heterocycles. The van der Waals surface area contributed by atoms with E-state index >= 15 is 0 Å². The lowest BCUT2D eigenvalue weighted by Crippen LogP contribution is -1.92. The van der Waals surface area contributed by atoms with Gasteiger partial charge >= 0.3 is 0 Å². The largest absolute Gasteiger partial charge is 0.301 e. The average Bonchev–Trinajstić information content (AvgIpc) is 2.36. The highest BCUT2D eigenvalue weighted by Crippen LogP contribution is 2.58. The predicted molar refractivity (Wildman–Crippen MR) is 38.6 cm³/mol. The van der Waals surface area contributed by atoms with Crippen molar-refractivity contribution in [2.45, 2.75) is 6.92 Å². The van der Waals surface area contributed by atoms with Crippen LogP contribution in [0, 0.1) is 17.8 Å². The maximum absolute atomic E-state index is 4.01. The van der Waals surface area contributed by atoms with E-state index in [1.807, 2.05) is 7.05 Å². The smallest absolute Gasteiger partial charge is 0.0273 e. The number of aliphatic imine (C=N–C) groups is 1. The van der Waals surface area contributed by atoms with Crippen molar-refractivity contribution in [1.29, 1.82) is 0 Å². The Morgan fingerprint density at radius 1 is 1.67 bits per heavy atom. The van der Waals surface area contributed by atoms with Crippen LogP contribution in [0.2, 0.25) is 0 Å². The van der Waals surface area contributed by atoms with Crippen molar-refractivity contribution >= 4 is 6.21 Å². The molecule has 1 nitrogen and oxygen atoms in total. The Kier molecular flexibility index (Phi) is 0.850. The van der Waals surface area contributed by atoms with Gasteiger partial charge in [-0.15, -0.1) is 0 Å². The standard InChI is InChI=1S/C8H11N/c1-5-3-6-7(4-9-2)8(5)6/h3-4,6-8H,1-2H3. The zero-order valence-electron chi connectivity index (χ0n) is 5.83. The van der Waals surface area contributed by atoms with Gasteiger partial charge in [0.2, 0.25) is 0 Å². The van der Waals surface area contributed by atoms with E-state index in [0.717, 1.165) is 17.8 Å². The molecule has 1 saturated carbocycles. The van der Waals surface area contributed by atoms with Gasteiger partial charge in [0.25, 0.3) is 0 Å². The summed E-state index contributed by atoms with van der Waals surface area (Å²) in [5.41, 5.74) is 1.57. The number of fused-ring (bicyclic) bond motifs is 1. The van der Waals surface area contributed by atoms with Crippen LogP contribution < -0.4 is 0 Å². The molecule has 3 unspecified atom stereocenters. The molecule has 0 N–H and O–H groups in total. The fraction of sp³-hybridized carbons (Fsp3) is 0.625. The summed E-state index contributed by atoms with van der Waals surface area (Å²) in [6.07, 6.45) is 4.44. The van der Waals surface area contributed by atoms with Crippen LogP contribution in [0.1, 0.15) is 6.92 Å². The summed E-state index contributed by atoms with van der Waals surface area (Å²) in [5.74, 6) is 2.57. The van der Waals surface area contributed by atoms with E-state index in [9.17, 15) is 0 Å². The first-order chi connectivity index (χ1) is 4.34. The van der Waals surface area contributed by atoms with Crippen LogP contribution >= 0.6 is 0 Å². The van der Waals surface area contributed by atoms with Crippen molar-refractivity contribution in [3.8, 4) is 0 Å². The van der Waals surface area contributed by atoms with Gasteiger partial charge in [0.05, 0.1) is 0 Å². The highest BCUT2D eigenvalue weighted by atomic mass is 14.7. The Balaban J connectivity index is 2.01. The van der Waals surface area contributed by atoms with Gasteiger partial charge in [0.1, 0.15) is 0 Å². The zero-order chi connectivity index (χ0) is 6.43. The van der Waals surface area contributed by atoms with Gasteiger partial charge in [0.15, 0.2) is 0 Å². The maximum atomic E-state index is 4.01. The Labute approximate surface area is 55.5 Å². The molecule has 0 spiro atoms. The van der Waals surface area contributed by atoms with Gasteiger partial charge in [-0.1, -0.05) is 11.6 Å². The van der Waals surface area contributed by atoms with E-state index in [2.05, 4.69) is 24.2 Å². The normalized spacial score (nSPS) is 46.0. The molecule has 2 aliphatic carbocycles. The minimum atomic E-state index is 0.787. The first kappa shape index (κ1) is 5.21. The summed E-state index contributed by atoms with van der Waals surface area (Å²) >= 11 is 0. The van der Waals surface area contributed by atoms with Crippen molar-refractivity contribution < 1.29 is 0 Å². The van der Waals surface area contributed by atoms with Crippen LogP contribution in [0.25, 0.3) is 0 Å². The summed E-state index contributed by atoms with van der Waals surface area (Å²) in [5, 5.41) is 0. The third-order valence-electron chi connectivity index (χ3n) is 2.44. The average molecular weight is 121 g/mol. The molecule has 0 amide bonds. The minimum Gasteiger partial charge on any atom is -0.301 e. The SMILES string of the molecule is CN=CC1C2C=C(C)C12. The maximum Gasteiger partial charge on any atom is 0.0273 e. The monoisotopic (exact) mass is 121 g/mol. The van der Waals surface area contributed by atoms with Crippen LogP contribution in [0.4, 0.5) is 0 Å². The number of hydrogen-bond donors (Lipinski definition) is 0. The second-order valence-corrected chi connectivity index (χ2v) is 3.00. The molecule has 0 heterocycles. The molecule has 1 heteroatoms. The molecule has 3 atom stereocenters. The summed E-state index contributed by atoms with van der Waals surface area (Å²) < 4.78 is 0. The van der Waals surface area contributed by atoms with Gasteiger partial charge in [-0.05, 0) is 18.8 Å². The molecule has 0 aromatic carbocycles. The second kappa shape index (κ2) is 1.47. The van der Waals surface area contributed by atoms with E-state index in [4.69, 9.17) is 0 Å². The molecule has 48 valence electrons. The van der Waals surface area contributed by atoms with Crippen LogP contribution in [-0.2, 0) is 0 Å². The molecule has 0 aliphatic heterocycles. The third-order valence-corrected chi connectivity index (χ3v) is 2.44. The van der Waals surface area contributed by atoms with Gasteiger partial charge in [-0.3, -0.25) is 0 Å². The Bertz CT molecular complexity index is 191. The summed E-state index contributed by atoms with van der Waals surface area (Å²) in [4.78, 5) is 4.01. The summed E-state index contributed by atoms with van der Waals surface area (Å²) in [6, 6.07) is 0. The van der Waals surface area contributed by atoms with E-state index < -0.39 is 0 Å². The van der Waals surface area contributed by atoms with Crippen molar-refractivity contribution in [3.63, 3.8) is 0 Å². The number of hydrogen-bond acceptors (Lipinski definition) is 1. The number of nitrogens with zero attached hydrogens (tertiary/aromatic N) is 1. The lowest BCUT2D eigenvalue weighted by molar-refractivity contribution is 0.825. The van der Waals surface area contributed by atoms with Crippen molar-refractivity contribution in [2.75, 3.05) is 7.05 Å². The summed E-state index contributed by atoms with van der Waals surface area (Å²) in [6.45, 7) is 2.21.